The van der Waals surface area contributed by atoms with Crippen molar-refractivity contribution in [2.45, 2.75) is 13.0 Å². The molecule has 2 heterocycles. The number of nitrogens with two attached hydrogens (primary N) is 1. The first kappa shape index (κ1) is 21.8. The molecule has 3 aromatic carbocycles. The maximum absolute atomic E-state index is 12.2. The van der Waals surface area contributed by atoms with E-state index < -0.39 is 17.3 Å². The van der Waals surface area contributed by atoms with Gasteiger partial charge in [0.15, 0.2) is 0 Å². The van der Waals surface area contributed by atoms with Gasteiger partial charge in [0.05, 0.1) is 45.8 Å². The van der Waals surface area contributed by atoms with E-state index in [1.807, 2.05) is 19.1 Å². The summed E-state index contributed by atoms with van der Waals surface area (Å²) < 4.78 is 31.8. The molecule has 2 unspecified atom stereocenters. The molecule has 0 aliphatic rings. The van der Waals surface area contributed by atoms with E-state index >= 15 is 0 Å². The molecular weight excluding hydrogens is 448 g/mol. The highest BCUT2D eigenvalue weighted by Gasteiger charge is 2.20. The second-order valence-corrected chi connectivity index (χ2v) is 8.67. The van der Waals surface area contributed by atoms with E-state index in [-0.39, 0.29) is 0 Å². The molecule has 0 saturated heterocycles. The van der Waals surface area contributed by atoms with E-state index in [2.05, 4.69) is 11.1 Å². The van der Waals surface area contributed by atoms with Crippen molar-refractivity contribution >= 4 is 44.5 Å². The van der Waals surface area contributed by atoms with E-state index in [0.29, 0.717) is 28.3 Å². The highest BCUT2D eigenvalue weighted by atomic mass is 32.2. The lowest BCUT2D eigenvalue weighted by atomic mass is 10.0. The SMILES string of the molecule is Cc1c(C(N)c2ccc(C#N)cc2)oc2cc(N(c3ccc4ncccc4c3)S(=O)[O-])ccc12. The molecule has 8 heteroatoms. The zero-order valence-electron chi connectivity index (χ0n) is 18.1. The van der Waals surface area contributed by atoms with Gasteiger partial charge in [0.25, 0.3) is 0 Å². The van der Waals surface area contributed by atoms with Gasteiger partial charge in [-0.15, -0.1) is 0 Å². The number of nitriles is 1. The topological polar surface area (TPSA) is 119 Å². The summed E-state index contributed by atoms with van der Waals surface area (Å²) in [6.07, 6.45) is 1.69. The van der Waals surface area contributed by atoms with Gasteiger partial charge >= 0.3 is 0 Å². The molecular formula is C26H19N4O3S-. The summed E-state index contributed by atoms with van der Waals surface area (Å²) in [5.74, 6) is 0.587. The molecule has 0 radical (unpaired) electrons. The third-order valence-corrected chi connectivity index (χ3v) is 6.56. The first-order chi connectivity index (χ1) is 16.5. The number of anilines is 2. The fraction of sp³-hybridized carbons (Fsp3) is 0.0769. The number of rotatable bonds is 5. The molecule has 0 amide bonds. The zero-order valence-corrected chi connectivity index (χ0v) is 19.0. The van der Waals surface area contributed by atoms with Gasteiger partial charge in [-0.2, -0.15) is 5.26 Å². The Bertz CT molecular complexity index is 1590. The summed E-state index contributed by atoms with van der Waals surface area (Å²) in [7, 11) is 0. The van der Waals surface area contributed by atoms with Crippen LogP contribution in [0.2, 0.25) is 0 Å². The van der Waals surface area contributed by atoms with E-state index in [4.69, 9.17) is 15.4 Å². The number of fused-ring (bicyclic) bond motifs is 2. The van der Waals surface area contributed by atoms with Crippen LogP contribution in [-0.4, -0.2) is 13.7 Å². The Labute approximate surface area is 198 Å². The Morgan fingerprint density at radius 3 is 2.56 bits per heavy atom. The molecule has 2 N–H and O–H groups in total. The number of pyridine rings is 1. The van der Waals surface area contributed by atoms with Crippen LogP contribution in [0, 0.1) is 18.3 Å². The predicted molar refractivity (Wildman–Crippen MR) is 131 cm³/mol. The second-order valence-electron chi connectivity index (χ2n) is 7.88. The fourth-order valence-electron chi connectivity index (χ4n) is 4.08. The normalized spacial score (nSPS) is 13.0. The molecule has 0 aliphatic heterocycles. The standard InChI is InChI=1S/C26H20N4O3S/c1-16-22-10-8-21(30(34(31)32)20-9-11-23-19(13-20)3-2-12-29-23)14-24(22)33-26(16)25(28)18-6-4-17(15-27)5-7-18/h2-14,25H,28H2,1H3,(H,31,32)/p-1. The Balaban J connectivity index is 1.55. The van der Waals surface area contributed by atoms with Crippen molar-refractivity contribution < 1.29 is 13.2 Å². The first-order valence-electron chi connectivity index (χ1n) is 10.5. The lowest BCUT2D eigenvalue weighted by Crippen LogP contribution is -2.19. The number of nitrogens with zero attached hydrogens (tertiary/aromatic N) is 3. The van der Waals surface area contributed by atoms with Crippen LogP contribution in [0.15, 0.2) is 83.4 Å². The number of furan rings is 1. The smallest absolute Gasteiger partial charge is 0.136 e. The minimum atomic E-state index is -2.56. The molecule has 2 atom stereocenters. The molecule has 5 aromatic rings. The van der Waals surface area contributed by atoms with Crippen LogP contribution in [0.1, 0.15) is 28.5 Å². The summed E-state index contributed by atoms with van der Waals surface area (Å²) >= 11 is -2.56. The molecule has 5 rings (SSSR count). The summed E-state index contributed by atoms with van der Waals surface area (Å²) in [5, 5.41) is 10.7. The van der Waals surface area contributed by atoms with Crippen LogP contribution in [-0.2, 0) is 11.3 Å². The quantitative estimate of drug-likeness (QED) is 0.357. The van der Waals surface area contributed by atoms with Crippen molar-refractivity contribution in [1.82, 2.24) is 4.98 Å². The Hall–Kier alpha value is -4.03. The summed E-state index contributed by atoms with van der Waals surface area (Å²) in [6, 6.07) is 22.8. The van der Waals surface area contributed by atoms with E-state index in [0.717, 1.165) is 27.4 Å². The zero-order chi connectivity index (χ0) is 23.8. The molecule has 0 saturated carbocycles. The lowest BCUT2D eigenvalue weighted by Gasteiger charge is -2.26. The number of benzene rings is 3. The average molecular weight is 468 g/mol. The van der Waals surface area contributed by atoms with Crippen LogP contribution in [0.3, 0.4) is 0 Å². The molecule has 2 aromatic heterocycles. The maximum atomic E-state index is 12.2. The number of aromatic nitrogens is 1. The fourth-order valence-corrected chi connectivity index (χ4v) is 4.65. The molecule has 168 valence electrons. The van der Waals surface area contributed by atoms with Gasteiger partial charge in [-0.1, -0.05) is 18.2 Å². The number of hydrogen-bond acceptors (Lipinski definition) is 6. The van der Waals surface area contributed by atoms with Crippen LogP contribution in [0.5, 0.6) is 0 Å². The van der Waals surface area contributed by atoms with Crippen LogP contribution >= 0.6 is 0 Å². The number of aryl methyl sites for hydroxylation is 1. The van der Waals surface area contributed by atoms with Gasteiger partial charge in [0.1, 0.15) is 11.3 Å². The Morgan fingerprint density at radius 1 is 1.09 bits per heavy atom. The molecule has 0 aliphatic carbocycles. The van der Waals surface area contributed by atoms with Gasteiger partial charge in [-0.3, -0.25) is 13.5 Å². The van der Waals surface area contributed by atoms with Crippen molar-refractivity contribution in [1.29, 1.82) is 5.26 Å². The highest BCUT2D eigenvalue weighted by molar-refractivity contribution is 7.81. The number of hydrogen-bond donors (Lipinski definition) is 1. The molecule has 0 spiro atoms. The van der Waals surface area contributed by atoms with Crippen molar-refractivity contribution in [3.05, 3.63) is 101 Å². The largest absolute Gasteiger partial charge is 0.755 e. The van der Waals surface area contributed by atoms with Gasteiger partial charge in [-0.05, 0) is 61.0 Å². The van der Waals surface area contributed by atoms with Crippen molar-refractivity contribution in [2.24, 2.45) is 5.73 Å². The third-order valence-electron chi connectivity index (χ3n) is 5.84. The van der Waals surface area contributed by atoms with Gasteiger partial charge < -0.3 is 14.7 Å². The van der Waals surface area contributed by atoms with Crippen molar-refractivity contribution in [3.8, 4) is 6.07 Å². The summed E-state index contributed by atoms with van der Waals surface area (Å²) in [5.41, 5.74) is 11.0. The predicted octanol–water partition coefficient (Wildman–Crippen LogP) is 5.14. The summed E-state index contributed by atoms with van der Waals surface area (Å²) in [4.78, 5) is 4.29. The monoisotopic (exact) mass is 467 g/mol. The van der Waals surface area contributed by atoms with Gasteiger partial charge in [0.2, 0.25) is 0 Å². The molecule has 34 heavy (non-hydrogen) atoms. The third kappa shape index (κ3) is 3.82. The van der Waals surface area contributed by atoms with Crippen molar-refractivity contribution in [3.63, 3.8) is 0 Å². The van der Waals surface area contributed by atoms with E-state index in [1.54, 1.807) is 66.9 Å². The molecule has 7 nitrogen and oxygen atoms in total. The van der Waals surface area contributed by atoms with E-state index in [9.17, 15) is 8.76 Å². The Kier molecular flexibility index (Phi) is 5.59. The lowest BCUT2D eigenvalue weighted by molar-refractivity contribution is 0.521. The highest BCUT2D eigenvalue weighted by Crippen LogP contribution is 2.36. The van der Waals surface area contributed by atoms with Crippen molar-refractivity contribution in [2.75, 3.05) is 4.31 Å². The maximum Gasteiger partial charge on any atom is 0.136 e. The average Bonchev–Trinajstić information content (AvgIpc) is 3.19. The minimum Gasteiger partial charge on any atom is -0.755 e. The van der Waals surface area contributed by atoms with Gasteiger partial charge in [0, 0.05) is 28.6 Å². The first-order valence-corrected chi connectivity index (χ1v) is 11.5. The molecule has 0 bridgehead atoms. The van der Waals surface area contributed by atoms with Crippen LogP contribution in [0.4, 0.5) is 11.4 Å². The van der Waals surface area contributed by atoms with Crippen LogP contribution in [0.25, 0.3) is 21.9 Å². The Morgan fingerprint density at radius 2 is 1.82 bits per heavy atom. The minimum absolute atomic E-state index is 0.441. The van der Waals surface area contributed by atoms with E-state index in [1.165, 1.54) is 4.31 Å². The second kappa shape index (κ2) is 8.72. The molecule has 0 fully saturated rings. The van der Waals surface area contributed by atoms with Crippen LogP contribution < -0.4 is 10.0 Å². The summed E-state index contributed by atoms with van der Waals surface area (Å²) in [6.45, 7) is 1.92. The van der Waals surface area contributed by atoms with Gasteiger partial charge in [-0.25, -0.2) is 0 Å².